The molecule has 4 aromatic rings. The van der Waals surface area contributed by atoms with E-state index in [1.165, 1.54) is 33.2 Å². The molecule has 1 nitrogen and oxygen atoms in total. The first kappa shape index (κ1) is 23.2. The second-order valence-corrected chi connectivity index (χ2v) is 5.76. The van der Waals surface area contributed by atoms with E-state index in [1.54, 1.807) is 0 Å². The molecule has 0 spiro atoms. The average molecular weight is 417 g/mol. The van der Waals surface area contributed by atoms with Crippen molar-refractivity contribution in [3.63, 3.8) is 0 Å². The molecular weight excluding hydrogens is 395 g/mol. The zero-order chi connectivity index (χ0) is 15.5. The molecule has 0 aliphatic carbocycles. The number of halogens is 2. The van der Waals surface area contributed by atoms with Crippen molar-refractivity contribution in [1.29, 1.82) is 0 Å². The van der Waals surface area contributed by atoms with Crippen molar-refractivity contribution < 1.29 is 35.6 Å². The maximum absolute atomic E-state index is 2.20. The predicted molar refractivity (Wildman–Crippen MR) is 95.1 cm³/mol. The smallest absolute Gasteiger partial charge is 1.00 e. The van der Waals surface area contributed by atoms with Crippen LogP contribution in [0.4, 0.5) is 0 Å². The molecule has 0 saturated carbocycles. The molecule has 0 amide bonds. The Morgan fingerprint density at radius 3 is 2.04 bits per heavy atom. The Hall–Kier alpha value is -1.80. The summed E-state index contributed by atoms with van der Waals surface area (Å²) in [5, 5.41) is 2.60. The maximum Gasteiger partial charge on any atom is 4.00 e. The molecule has 0 bridgehead atoms. The normalized spacial score (nSPS) is 9.24. The van der Waals surface area contributed by atoms with Crippen molar-refractivity contribution in [1.82, 2.24) is 4.57 Å². The molecule has 0 saturated heterocycles. The van der Waals surface area contributed by atoms with Crippen LogP contribution in [0, 0.1) is 20.8 Å². The molecule has 0 aliphatic rings. The van der Waals surface area contributed by atoms with Gasteiger partial charge in [-0.2, -0.15) is 22.8 Å². The molecular formula is C21H21F2NZr. The molecule has 25 heavy (non-hydrogen) atoms. The molecule has 1 heterocycles. The van der Waals surface area contributed by atoms with Gasteiger partial charge in [-0.1, -0.05) is 26.8 Å². The van der Waals surface area contributed by atoms with Gasteiger partial charge in [0.15, 0.2) is 0 Å². The van der Waals surface area contributed by atoms with Crippen molar-refractivity contribution in [2.24, 2.45) is 0 Å². The van der Waals surface area contributed by atoms with Crippen LogP contribution in [0.2, 0.25) is 0 Å². The molecule has 0 aliphatic heterocycles. The van der Waals surface area contributed by atoms with Crippen LogP contribution in [-0.4, -0.2) is 4.57 Å². The van der Waals surface area contributed by atoms with Crippen molar-refractivity contribution in [3.8, 4) is 5.69 Å². The third-order valence-corrected chi connectivity index (χ3v) is 4.27. The standard InChI is InChI=1S/C13H10N.C8H11.2FH.Zr/c1-2-6-12-10-13(9-11(12)5-1)14-7-3-4-8-14;1-6-4-5-7(2)8(6)3;;;/h1-10H;4-5H,1-3H3;2*1H;/q2*-1;;;+4/p-2. The molecule has 0 radical (unpaired) electrons. The van der Waals surface area contributed by atoms with Crippen LogP contribution in [-0.2, 0) is 26.2 Å². The Balaban J connectivity index is 0.000000462. The Kier molecular flexibility index (Phi) is 9.52. The third kappa shape index (κ3) is 5.34. The number of hydrogen-bond donors (Lipinski definition) is 0. The maximum atomic E-state index is 2.20. The predicted octanol–water partition coefficient (Wildman–Crippen LogP) is -0.314. The number of benzene rings is 1. The second kappa shape index (κ2) is 10.3. The zero-order valence-electron chi connectivity index (χ0n) is 14.6. The number of hydrogen-bond acceptors (Lipinski definition) is 0. The fraction of sp³-hybridized carbons (Fsp3) is 0.143. The topological polar surface area (TPSA) is 4.93 Å². The largest absolute Gasteiger partial charge is 4.00 e. The summed E-state index contributed by atoms with van der Waals surface area (Å²) in [4.78, 5) is 0. The van der Waals surface area contributed by atoms with E-state index >= 15 is 0 Å². The van der Waals surface area contributed by atoms with Gasteiger partial charge >= 0.3 is 26.2 Å². The number of nitrogens with zero attached hydrogens (tertiary/aromatic N) is 1. The van der Waals surface area contributed by atoms with E-state index in [0.717, 1.165) is 0 Å². The van der Waals surface area contributed by atoms with Gasteiger partial charge in [-0.05, 0) is 17.8 Å². The molecule has 1 aromatic heterocycles. The quantitative estimate of drug-likeness (QED) is 0.375. The summed E-state index contributed by atoms with van der Waals surface area (Å²) in [6.45, 7) is 6.44. The minimum atomic E-state index is 0. The fourth-order valence-electron chi connectivity index (χ4n) is 2.60. The third-order valence-electron chi connectivity index (χ3n) is 4.27. The molecule has 0 fully saturated rings. The van der Waals surface area contributed by atoms with Crippen LogP contribution >= 0.6 is 0 Å². The second-order valence-electron chi connectivity index (χ2n) is 5.76. The number of rotatable bonds is 1. The van der Waals surface area contributed by atoms with Crippen LogP contribution < -0.4 is 9.41 Å². The minimum absolute atomic E-state index is 0. The van der Waals surface area contributed by atoms with Gasteiger partial charge in [0, 0.05) is 12.4 Å². The number of aromatic nitrogens is 1. The van der Waals surface area contributed by atoms with Gasteiger partial charge in [-0.15, -0.1) is 41.1 Å². The van der Waals surface area contributed by atoms with E-state index in [-0.39, 0.29) is 35.6 Å². The first-order valence-electron chi connectivity index (χ1n) is 7.63. The van der Waals surface area contributed by atoms with Gasteiger partial charge in [-0.25, -0.2) is 6.07 Å². The molecule has 0 N–H and O–H groups in total. The van der Waals surface area contributed by atoms with E-state index < -0.39 is 0 Å². The van der Waals surface area contributed by atoms with Crippen LogP contribution in [0.1, 0.15) is 16.7 Å². The Bertz CT molecular complexity index is 820. The zero-order valence-corrected chi connectivity index (χ0v) is 17.1. The molecule has 3 aromatic carbocycles. The van der Waals surface area contributed by atoms with E-state index in [2.05, 4.69) is 86.3 Å². The van der Waals surface area contributed by atoms with Crippen LogP contribution in [0.25, 0.3) is 16.5 Å². The summed E-state index contributed by atoms with van der Waals surface area (Å²) in [7, 11) is 0. The Labute approximate surface area is 166 Å². The first-order chi connectivity index (χ1) is 10.6. The Morgan fingerprint density at radius 1 is 0.920 bits per heavy atom. The van der Waals surface area contributed by atoms with Crippen molar-refractivity contribution in [2.75, 3.05) is 0 Å². The van der Waals surface area contributed by atoms with Gasteiger partial charge < -0.3 is 14.0 Å². The average Bonchev–Trinajstić information content (AvgIpc) is 3.24. The summed E-state index contributed by atoms with van der Waals surface area (Å²) >= 11 is 0. The van der Waals surface area contributed by atoms with E-state index in [0.29, 0.717) is 0 Å². The fourth-order valence-corrected chi connectivity index (χ4v) is 2.60. The molecule has 4 heteroatoms. The van der Waals surface area contributed by atoms with E-state index in [1.807, 2.05) is 12.1 Å². The van der Waals surface area contributed by atoms with E-state index in [9.17, 15) is 0 Å². The Morgan fingerprint density at radius 2 is 1.56 bits per heavy atom. The SMILES string of the molecule is Cc1cc[c-](C)c1C.[F-].[F-].[Zr+4].c1ccc2[cH-]c(-n3cccc3)cc2c1. The van der Waals surface area contributed by atoms with Gasteiger partial charge in [0.2, 0.25) is 0 Å². The molecule has 0 atom stereocenters. The van der Waals surface area contributed by atoms with Crippen LogP contribution in [0.15, 0.2) is 73.1 Å². The summed E-state index contributed by atoms with van der Waals surface area (Å²) in [6.07, 6.45) is 4.13. The van der Waals surface area contributed by atoms with Crippen LogP contribution in [0.3, 0.4) is 0 Å². The van der Waals surface area contributed by atoms with Gasteiger partial charge in [0.25, 0.3) is 0 Å². The monoisotopic (exact) mass is 415 g/mol. The van der Waals surface area contributed by atoms with E-state index in [4.69, 9.17) is 0 Å². The van der Waals surface area contributed by atoms with Crippen LogP contribution in [0.5, 0.6) is 0 Å². The minimum Gasteiger partial charge on any atom is -1.00 e. The van der Waals surface area contributed by atoms with Gasteiger partial charge in [0.05, 0.1) is 0 Å². The number of aryl methyl sites for hydroxylation is 2. The van der Waals surface area contributed by atoms with Crippen molar-refractivity contribution in [3.05, 3.63) is 89.7 Å². The molecule has 128 valence electrons. The number of fused-ring (bicyclic) bond motifs is 1. The molecule has 0 unspecified atom stereocenters. The van der Waals surface area contributed by atoms with Crippen molar-refractivity contribution in [2.45, 2.75) is 20.8 Å². The van der Waals surface area contributed by atoms with Gasteiger partial charge in [0.1, 0.15) is 0 Å². The van der Waals surface area contributed by atoms with Gasteiger partial charge in [-0.3, -0.25) is 0 Å². The summed E-state index contributed by atoms with van der Waals surface area (Å²) in [5.74, 6) is 0. The molecule has 4 rings (SSSR count). The summed E-state index contributed by atoms with van der Waals surface area (Å²) in [6, 6.07) is 21.2. The van der Waals surface area contributed by atoms with Crippen molar-refractivity contribution >= 4 is 10.8 Å². The summed E-state index contributed by atoms with van der Waals surface area (Å²) in [5.41, 5.74) is 5.48. The summed E-state index contributed by atoms with van der Waals surface area (Å²) < 4.78 is 2.12. The first-order valence-corrected chi connectivity index (χ1v) is 7.63.